The van der Waals surface area contributed by atoms with Gasteiger partial charge in [0.1, 0.15) is 24.2 Å². The zero-order chi connectivity index (χ0) is 17.8. The van der Waals surface area contributed by atoms with E-state index in [0.717, 1.165) is 23.8 Å². The van der Waals surface area contributed by atoms with E-state index in [1.54, 1.807) is 18.6 Å². The second-order valence-electron chi connectivity index (χ2n) is 6.18. The highest BCUT2D eigenvalue weighted by molar-refractivity contribution is 5.76. The third-order valence-electron chi connectivity index (χ3n) is 4.28. The third kappa shape index (κ3) is 3.79. The van der Waals surface area contributed by atoms with E-state index >= 15 is 0 Å². The molecular weight excluding hydrogens is 320 g/mol. The summed E-state index contributed by atoms with van der Waals surface area (Å²) in [6, 6.07) is 0. The molecule has 3 rings (SSSR count). The number of nitrogens with zero attached hydrogens (tertiary/aromatic N) is 6. The van der Waals surface area contributed by atoms with E-state index in [-0.39, 0.29) is 12.0 Å². The van der Waals surface area contributed by atoms with Gasteiger partial charge in [-0.05, 0) is 0 Å². The first-order valence-electron chi connectivity index (χ1n) is 8.47. The average molecular weight is 344 g/mol. The summed E-state index contributed by atoms with van der Waals surface area (Å²) in [5.41, 5.74) is 0.766. The number of carbonyl (C=O) groups is 1. The van der Waals surface area contributed by atoms with Crippen LogP contribution in [-0.4, -0.2) is 64.1 Å². The Labute approximate surface area is 147 Å². The predicted molar refractivity (Wildman–Crippen MR) is 93.2 cm³/mol. The number of hydrogen-bond donors (Lipinski definition) is 0. The molecule has 8 nitrogen and oxygen atoms in total. The summed E-state index contributed by atoms with van der Waals surface area (Å²) in [5.74, 6) is 1.75. The molecule has 0 aromatic carbocycles. The molecule has 0 spiro atoms. The van der Waals surface area contributed by atoms with Gasteiger partial charge >= 0.3 is 0 Å². The number of aromatic nitrogens is 4. The van der Waals surface area contributed by atoms with Crippen molar-refractivity contribution >= 4 is 11.7 Å². The average Bonchev–Trinajstić information content (AvgIpc) is 3.09. The van der Waals surface area contributed by atoms with Gasteiger partial charge in [-0.15, -0.1) is 0 Å². The van der Waals surface area contributed by atoms with Crippen molar-refractivity contribution in [3.63, 3.8) is 0 Å². The Balaban J connectivity index is 1.72. The van der Waals surface area contributed by atoms with Crippen LogP contribution in [0.3, 0.4) is 0 Å². The standard InChI is InChI=1S/C17H24N6O2/c1-4-14-18-7-8-22(14)12-15(24)23-9-10-25-13(11-23)16-17(21(2)3)20-6-5-19-16/h5-8,13H,4,9-12H2,1-3H3. The topological polar surface area (TPSA) is 76.4 Å². The quantitative estimate of drug-likeness (QED) is 0.802. The number of imidazole rings is 1. The van der Waals surface area contributed by atoms with Crippen LogP contribution >= 0.6 is 0 Å². The van der Waals surface area contributed by atoms with E-state index in [0.29, 0.717) is 26.2 Å². The molecule has 0 saturated carbocycles. The first-order valence-corrected chi connectivity index (χ1v) is 8.47. The Morgan fingerprint density at radius 2 is 2.08 bits per heavy atom. The molecule has 1 aliphatic rings. The summed E-state index contributed by atoms with van der Waals surface area (Å²) in [5, 5.41) is 0. The minimum Gasteiger partial charge on any atom is -0.368 e. The Kier molecular flexibility index (Phi) is 5.28. The summed E-state index contributed by atoms with van der Waals surface area (Å²) in [4.78, 5) is 29.5. The third-order valence-corrected chi connectivity index (χ3v) is 4.28. The Morgan fingerprint density at radius 1 is 1.28 bits per heavy atom. The summed E-state index contributed by atoms with van der Waals surface area (Å²) in [7, 11) is 3.84. The zero-order valence-corrected chi connectivity index (χ0v) is 14.9. The first-order chi connectivity index (χ1) is 12.1. The van der Waals surface area contributed by atoms with Crippen molar-refractivity contribution in [3.8, 4) is 0 Å². The van der Waals surface area contributed by atoms with Gasteiger partial charge in [-0.3, -0.25) is 9.78 Å². The zero-order valence-electron chi connectivity index (χ0n) is 14.9. The fourth-order valence-electron chi connectivity index (χ4n) is 3.00. The van der Waals surface area contributed by atoms with Gasteiger partial charge in [-0.25, -0.2) is 9.97 Å². The SMILES string of the molecule is CCc1nccn1CC(=O)N1CCOC(c2nccnc2N(C)C)C1. The number of amides is 1. The minimum absolute atomic E-state index is 0.0660. The van der Waals surface area contributed by atoms with Crippen LogP contribution in [0, 0.1) is 0 Å². The van der Waals surface area contributed by atoms with Crippen LogP contribution in [0.2, 0.25) is 0 Å². The van der Waals surface area contributed by atoms with Gasteiger partial charge in [0.15, 0.2) is 5.82 Å². The molecular formula is C17H24N6O2. The van der Waals surface area contributed by atoms with Crippen molar-refractivity contribution in [1.82, 2.24) is 24.4 Å². The second kappa shape index (κ2) is 7.60. The van der Waals surface area contributed by atoms with E-state index in [2.05, 4.69) is 15.0 Å². The molecule has 0 radical (unpaired) electrons. The van der Waals surface area contributed by atoms with Crippen LogP contribution in [0.4, 0.5) is 5.82 Å². The molecule has 1 aliphatic heterocycles. The fraction of sp³-hybridized carbons (Fsp3) is 0.529. The monoisotopic (exact) mass is 344 g/mol. The molecule has 3 heterocycles. The van der Waals surface area contributed by atoms with Gasteiger partial charge in [0.25, 0.3) is 0 Å². The summed E-state index contributed by atoms with van der Waals surface area (Å²) in [6.45, 7) is 3.89. The molecule has 0 bridgehead atoms. The van der Waals surface area contributed by atoms with Gasteiger partial charge in [-0.2, -0.15) is 0 Å². The summed E-state index contributed by atoms with van der Waals surface area (Å²) >= 11 is 0. The number of rotatable bonds is 5. The number of carbonyl (C=O) groups excluding carboxylic acids is 1. The fourth-order valence-corrected chi connectivity index (χ4v) is 3.00. The molecule has 2 aromatic rings. The molecule has 2 aromatic heterocycles. The minimum atomic E-state index is -0.266. The summed E-state index contributed by atoms with van der Waals surface area (Å²) in [6.07, 6.45) is 7.44. The van der Waals surface area contributed by atoms with Crippen LogP contribution in [0.5, 0.6) is 0 Å². The largest absolute Gasteiger partial charge is 0.368 e. The molecule has 8 heteroatoms. The lowest BCUT2D eigenvalue weighted by molar-refractivity contribution is -0.139. The highest BCUT2D eigenvalue weighted by Gasteiger charge is 2.29. The summed E-state index contributed by atoms with van der Waals surface area (Å²) < 4.78 is 7.78. The molecule has 1 fully saturated rings. The first kappa shape index (κ1) is 17.3. The van der Waals surface area contributed by atoms with Crippen molar-refractivity contribution in [2.24, 2.45) is 0 Å². The van der Waals surface area contributed by atoms with Gasteiger partial charge in [0, 0.05) is 51.8 Å². The molecule has 0 aliphatic carbocycles. The normalized spacial score (nSPS) is 17.6. The van der Waals surface area contributed by atoms with Gasteiger partial charge in [0.05, 0.1) is 13.2 Å². The van der Waals surface area contributed by atoms with Gasteiger partial charge in [0.2, 0.25) is 5.91 Å². The smallest absolute Gasteiger partial charge is 0.242 e. The number of hydrogen-bond acceptors (Lipinski definition) is 6. The van der Waals surface area contributed by atoms with Crippen LogP contribution in [0.1, 0.15) is 24.5 Å². The highest BCUT2D eigenvalue weighted by Crippen LogP contribution is 2.26. The van der Waals surface area contributed by atoms with Gasteiger partial charge < -0.3 is 19.1 Å². The second-order valence-corrected chi connectivity index (χ2v) is 6.18. The lowest BCUT2D eigenvalue weighted by Gasteiger charge is -2.33. The van der Waals surface area contributed by atoms with E-state index in [4.69, 9.17) is 4.74 Å². The maximum Gasteiger partial charge on any atom is 0.242 e. The molecule has 1 amide bonds. The predicted octanol–water partition coefficient (Wildman–Crippen LogP) is 0.902. The van der Waals surface area contributed by atoms with Crippen molar-refractivity contribution in [3.05, 3.63) is 36.3 Å². The van der Waals surface area contributed by atoms with Crippen molar-refractivity contribution in [2.75, 3.05) is 38.7 Å². The van der Waals surface area contributed by atoms with Crippen molar-refractivity contribution in [2.45, 2.75) is 26.0 Å². The Bertz CT molecular complexity index is 729. The van der Waals surface area contributed by atoms with Crippen molar-refractivity contribution < 1.29 is 9.53 Å². The molecule has 1 unspecified atom stereocenters. The maximum absolute atomic E-state index is 12.7. The van der Waals surface area contributed by atoms with E-state index in [1.165, 1.54) is 0 Å². The number of morpholine rings is 1. The van der Waals surface area contributed by atoms with E-state index < -0.39 is 0 Å². The van der Waals surface area contributed by atoms with E-state index in [9.17, 15) is 4.79 Å². The number of aryl methyl sites for hydroxylation is 1. The lowest BCUT2D eigenvalue weighted by atomic mass is 10.2. The lowest BCUT2D eigenvalue weighted by Crippen LogP contribution is -2.44. The number of anilines is 1. The van der Waals surface area contributed by atoms with E-state index in [1.807, 2.05) is 41.6 Å². The van der Waals surface area contributed by atoms with Gasteiger partial charge in [-0.1, -0.05) is 6.92 Å². The molecule has 1 saturated heterocycles. The van der Waals surface area contributed by atoms with Crippen LogP contribution in [-0.2, 0) is 22.5 Å². The van der Waals surface area contributed by atoms with Crippen LogP contribution < -0.4 is 4.90 Å². The van der Waals surface area contributed by atoms with Crippen molar-refractivity contribution in [1.29, 1.82) is 0 Å². The van der Waals surface area contributed by atoms with Crippen LogP contribution in [0.25, 0.3) is 0 Å². The maximum atomic E-state index is 12.7. The molecule has 25 heavy (non-hydrogen) atoms. The molecule has 1 atom stereocenters. The van der Waals surface area contributed by atoms with Crippen LogP contribution in [0.15, 0.2) is 24.8 Å². The Hall–Kier alpha value is -2.48. The highest BCUT2D eigenvalue weighted by atomic mass is 16.5. The number of ether oxygens (including phenoxy) is 1. The molecule has 134 valence electrons. The molecule has 0 N–H and O–H groups in total. The Morgan fingerprint density at radius 3 is 2.84 bits per heavy atom.